The number of rotatable bonds is 13. The van der Waals surface area contributed by atoms with Gasteiger partial charge in [0.2, 0.25) is 5.91 Å². The maximum atomic E-state index is 13.5. The molecule has 11 nitrogen and oxygen atoms in total. The van der Waals surface area contributed by atoms with Crippen LogP contribution in [0.1, 0.15) is 24.8 Å². The summed E-state index contributed by atoms with van der Waals surface area (Å²) in [5.74, 6) is 0.951. The van der Waals surface area contributed by atoms with Crippen LogP contribution in [0.4, 0.5) is 21.6 Å². The molecule has 0 radical (unpaired) electrons. The van der Waals surface area contributed by atoms with Gasteiger partial charge in [-0.25, -0.2) is 14.4 Å². The van der Waals surface area contributed by atoms with Crippen molar-refractivity contribution in [3.63, 3.8) is 0 Å². The van der Waals surface area contributed by atoms with Crippen molar-refractivity contribution in [2.75, 3.05) is 29.6 Å². The maximum absolute atomic E-state index is 13.5. The van der Waals surface area contributed by atoms with Crippen molar-refractivity contribution in [1.82, 2.24) is 9.97 Å². The zero-order chi connectivity index (χ0) is 32.0. The molecule has 1 amide bonds. The lowest BCUT2D eigenvalue weighted by atomic mass is 10.1. The van der Waals surface area contributed by atoms with Gasteiger partial charge in [-0.2, -0.15) is 0 Å². The standard InChI is InChI=1S/C30H32ClFN4O7S2/c31-24-11-20(4-6-27(24)42-15-18-2-1-3-19(32)10-18)35-30-23-12-26(36-29(39)7-5-22-8-9-44-45(22,40)41)28(43-16-21(38)14-37)13-25(23)33-17-34-30/h1-4,6,10-13,17,21-22,37-38,40-41H,5,7-9,14-16H2,(H,36,39)(H,33,34,35). The van der Waals surface area contributed by atoms with Crippen molar-refractivity contribution >= 4 is 66.0 Å². The molecular weight excluding hydrogens is 647 g/mol. The topological polar surface area (TPSA) is 166 Å². The lowest BCUT2D eigenvalue weighted by Crippen LogP contribution is -2.22. The van der Waals surface area contributed by atoms with Gasteiger partial charge in [-0.15, -0.1) is 9.62 Å². The number of hydrogen-bond acceptors (Lipinski definition) is 11. The van der Waals surface area contributed by atoms with Crippen LogP contribution in [0.2, 0.25) is 5.02 Å². The van der Waals surface area contributed by atoms with Crippen LogP contribution >= 0.6 is 32.0 Å². The van der Waals surface area contributed by atoms with Crippen molar-refractivity contribution < 1.29 is 38.0 Å². The Morgan fingerprint density at radius 3 is 2.71 bits per heavy atom. The number of fused-ring (bicyclic) bond motifs is 1. The fourth-order valence-corrected chi connectivity index (χ4v) is 8.85. The average molecular weight is 679 g/mol. The molecule has 0 bridgehead atoms. The Morgan fingerprint density at radius 1 is 1.13 bits per heavy atom. The van der Waals surface area contributed by atoms with E-state index in [0.29, 0.717) is 57.3 Å². The molecule has 2 atom stereocenters. The molecule has 0 aliphatic carbocycles. The van der Waals surface area contributed by atoms with Crippen LogP contribution in [0.25, 0.3) is 10.9 Å². The fourth-order valence-electron chi connectivity index (χ4n) is 4.61. The number of nitrogens with zero attached hydrogens (tertiary/aromatic N) is 2. The van der Waals surface area contributed by atoms with E-state index in [-0.39, 0.29) is 48.0 Å². The maximum Gasteiger partial charge on any atom is 0.224 e. The molecule has 1 aliphatic rings. The molecule has 0 saturated carbocycles. The monoisotopic (exact) mass is 678 g/mol. The molecule has 0 spiro atoms. The highest BCUT2D eigenvalue weighted by Crippen LogP contribution is 2.64. The molecule has 1 fully saturated rings. The Kier molecular flexibility index (Phi) is 10.9. The van der Waals surface area contributed by atoms with E-state index < -0.39 is 22.3 Å². The Bertz CT molecular complexity index is 1670. The number of aliphatic hydroxyl groups excluding tert-OH is 2. The number of amides is 1. The van der Waals surface area contributed by atoms with Crippen molar-refractivity contribution in [2.24, 2.45) is 0 Å². The van der Waals surface area contributed by atoms with Crippen molar-refractivity contribution in [3.8, 4) is 11.5 Å². The van der Waals surface area contributed by atoms with Crippen LogP contribution in [0.5, 0.6) is 11.5 Å². The summed E-state index contributed by atoms with van der Waals surface area (Å²) in [5.41, 5.74) is 1.99. The van der Waals surface area contributed by atoms with E-state index in [2.05, 4.69) is 20.6 Å². The van der Waals surface area contributed by atoms with Gasteiger partial charge in [0, 0.05) is 29.3 Å². The first-order valence-corrected chi connectivity index (χ1v) is 17.5. The van der Waals surface area contributed by atoms with Crippen molar-refractivity contribution in [3.05, 3.63) is 77.3 Å². The normalized spacial score (nSPS) is 17.1. The highest BCUT2D eigenvalue weighted by atomic mass is 35.5. The SMILES string of the molecule is O=C(CCC1CCSS1(O)O)Nc1cc2c(Nc3ccc(OCc4cccc(F)c4)c(Cl)c3)ncnc2cc1OCC(O)CO. The van der Waals surface area contributed by atoms with Gasteiger partial charge in [0.15, 0.2) is 0 Å². The molecule has 5 rings (SSSR count). The zero-order valence-corrected chi connectivity index (χ0v) is 26.2. The molecule has 2 heterocycles. The van der Waals surface area contributed by atoms with E-state index in [9.17, 15) is 28.5 Å². The van der Waals surface area contributed by atoms with Crippen LogP contribution in [0, 0.1) is 5.82 Å². The third kappa shape index (κ3) is 8.67. The summed E-state index contributed by atoms with van der Waals surface area (Å²) in [6, 6.07) is 14.4. The molecule has 4 aromatic rings. The minimum Gasteiger partial charge on any atom is -0.489 e. The number of nitrogens with one attached hydrogen (secondary N) is 2. The Morgan fingerprint density at radius 2 is 1.98 bits per heavy atom. The first-order valence-electron chi connectivity index (χ1n) is 14.0. The third-order valence-corrected chi connectivity index (χ3v) is 11.7. The smallest absolute Gasteiger partial charge is 0.224 e. The summed E-state index contributed by atoms with van der Waals surface area (Å²) in [7, 11) is -1.63. The Balaban J connectivity index is 1.35. The summed E-state index contributed by atoms with van der Waals surface area (Å²) >= 11 is 6.48. The molecule has 3 aromatic carbocycles. The molecule has 15 heteroatoms. The highest BCUT2D eigenvalue weighted by molar-refractivity contribution is 8.90. The van der Waals surface area contributed by atoms with Gasteiger partial charge in [-0.1, -0.05) is 23.7 Å². The number of aromatic nitrogens is 2. The summed E-state index contributed by atoms with van der Waals surface area (Å²) in [6.45, 7) is -0.599. The number of halogens is 2. The lowest BCUT2D eigenvalue weighted by Gasteiger charge is -2.32. The van der Waals surface area contributed by atoms with Crippen molar-refractivity contribution in [2.45, 2.75) is 37.2 Å². The minimum atomic E-state index is -2.77. The largest absolute Gasteiger partial charge is 0.489 e. The quantitative estimate of drug-likeness (QED) is 0.0870. The molecule has 1 saturated heterocycles. The highest BCUT2D eigenvalue weighted by Gasteiger charge is 2.32. The Labute approximate surface area is 268 Å². The molecule has 1 aromatic heterocycles. The van der Waals surface area contributed by atoms with Gasteiger partial charge >= 0.3 is 0 Å². The Hall–Kier alpha value is -3.37. The van der Waals surface area contributed by atoms with Gasteiger partial charge in [-0.05, 0) is 65.6 Å². The van der Waals surface area contributed by atoms with E-state index in [1.54, 1.807) is 42.5 Å². The number of carbonyl (C=O) groups is 1. The number of hydrogen-bond donors (Lipinski definition) is 6. The number of aliphatic hydroxyl groups is 2. The van der Waals surface area contributed by atoms with Crippen LogP contribution in [0.3, 0.4) is 0 Å². The summed E-state index contributed by atoms with van der Waals surface area (Å²) in [5, 5.41) is 25.6. The first kappa shape index (κ1) is 33.0. The number of benzene rings is 3. The van der Waals surface area contributed by atoms with Gasteiger partial charge in [0.05, 0.1) is 28.1 Å². The third-order valence-electron chi connectivity index (χ3n) is 6.95. The van der Waals surface area contributed by atoms with E-state index in [4.69, 9.17) is 21.1 Å². The average Bonchev–Trinajstić information content (AvgIpc) is 3.36. The number of ether oxygens (including phenoxy) is 2. The molecule has 240 valence electrons. The molecular formula is C30H32ClFN4O7S2. The van der Waals surface area contributed by atoms with E-state index >= 15 is 0 Å². The van der Waals surface area contributed by atoms with Crippen LogP contribution < -0.4 is 20.1 Å². The minimum absolute atomic E-state index is 0.0559. The van der Waals surface area contributed by atoms with E-state index in [1.807, 2.05) is 0 Å². The second kappa shape index (κ2) is 14.8. The number of carbonyl (C=O) groups excluding carboxylic acids is 1. The van der Waals surface area contributed by atoms with E-state index in [1.165, 1.54) is 18.5 Å². The van der Waals surface area contributed by atoms with E-state index in [0.717, 1.165) is 10.8 Å². The molecule has 6 N–H and O–H groups in total. The van der Waals surface area contributed by atoms with Crippen LogP contribution in [-0.4, -0.2) is 65.5 Å². The van der Waals surface area contributed by atoms with Gasteiger partial charge in [0.1, 0.15) is 48.8 Å². The molecule has 45 heavy (non-hydrogen) atoms. The molecule has 1 aliphatic heterocycles. The zero-order valence-electron chi connectivity index (χ0n) is 23.9. The predicted molar refractivity (Wildman–Crippen MR) is 175 cm³/mol. The molecule has 2 unspecified atom stereocenters. The van der Waals surface area contributed by atoms with Gasteiger partial charge < -0.3 is 30.3 Å². The van der Waals surface area contributed by atoms with Crippen LogP contribution in [0.15, 0.2) is 60.9 Å². The van der Waals surface area contributed by atoms with Crippen LogP contribution in [-0.2, 0) is 11.4 Å². The first-order chi connectivity index (χ1) is 21.6. The lowest BCUT2D eigenvalue weighted by molar-refractivity contribution is -0.116. The fraction of sp³-hybridized carbons (Fsp3) is 0.300. The summed E-state index contributed by atoms with van der Waals surface area (Å²) in [6.07, 6.45) is 1.21. The predicted octanol–water partition coefficient (Wildman–Crippen LogP) is 6.37. The summed E-state index contributed by atoms with van der Waals surface area (Å²) in [4.78, 5) is 21.7. The number of anilines is 3. The van der Waals surface area contributed by atoms with Gasteiger partial charge in [0.25, 0.3) is 0 Å². The summed E-state index contributed by atoms with van der Waals surface area (Å²) < 4.78 is 45.4. The van der Waals surface area contributed by atoms with Gasteiger partial charge in [-0.3, -0.25) is 13.9 Å². The van der Waals surface area contributed by atoms with Crippen molar-refractivity contribution in [1.29, 1.82) is 0 Å². The second-order valence-electron chi connectivity index (χ2n) is 10.3. The second-order valence-corrected chi connectivity index (χ2v) is 15.3.